The highest BCUT2D eigenvalue weighted by molar-refractivity contribution is 6.03. The highest BCUT2D eigenvalue weighted by atomic mass is 19.3. The molecule has 1 aliphatic heterocycles. The second-order valence-electron chi connectivity index (χ2n) is 8.14. The van der Waals surface area contributed by atoms with Gasteiger partial charge in [0.1, 0.15) is 11.5 Å². The van der Waals surface area contributed by atoms with E-state index in [0.717, 1.165) is 17.8 Å². The number of urea groups is 1. The number of pyridine rings is 1. The molecule has 7 nitrogen and oxygen atoms in total. The molecule has 0 atom stereocenters. The molecule has 0 saturated carbocycles. The molecule has 0 unspecified atom stereocenters. The van der Waals surface area contributed by atoms with Gasteiger partial charge in [-0.1, -0.05) is 32.0 Å². The fraction of sp³-hybridized carbons (Fsp3) is 0.435. The fourth-order valence-corrected chi connectivity index (χ4v) is 3.98. The number of halogens is 3. The molecule has 1 aromatic carbocycles. The summed E-state index contributed by atoms with van der Waals surface area (Å²) in [4.78, 5) is 32.0. The normalized spacial score (nSPS) is 14.5. The Bertz CT molecular complexity index is 995. The van der Waals surface area contributed by atoms with Crippen LogP contribution in [0.3, 0.4) is 0 Å². The summed E-state index contributed by atoms with van der Waals surface area (Å²) in [5, 5.41) is 2.50. The molecule has 0 radical (unpaired) electrons. The van der Waals surface area contributed by atoms with E-state index in [1.807, 2.05) is 32.0 Å². The number of aromatic nitrogens is 1. The summed E-state index contributed by atoms with van der Waals surface area (Å²) in [6, 6.07) is 7.40. The second kappa shape index (κ2) is 10.5. The number of para-hydroxylation sites is 1. The molecule has 33 heavy (non-hydrogen) atoms. The monoisotopic (exact) mass is 464 g/mol. The fourth-order valence-electron chi connectivity index (χ4n) is 3.98. The van der Waals surface area contributed by atoms with E-state index < -0.39 is 24.3 Å². The second-order valence-corrected chi connectivity index (χ2v) is 8.14. The average Bonchev–Trinajstić information content (AvgIpc) is 2.76. The summed E-state index contributed by atoms with van der Waals surface area (Å²) in [6.45, 7) is 3.27. The molecule has 10 heteroatoms. The van der Waals surface area contributed by atoms with Crippen LogP contribution in [-0.4, -0.2) is 47.6 Å². The predicted octanol–water partition coefficient (Wildman–Crippen LogP) is 4.99. The molecule has 0 aliphatic carbocycles. The molecular formula is C23H27F3N4O3. The van der Waals surface area contributed by atoms with Gasteiger partial charge in [0.25, 0.3) is 0 Å². The Morgan fingerprint density at radius 1 is 1.21 bits per heavy atom. The molecule has 1 N–H and O–H groups in total. The minimum Gasteiger partial charge on any atom is -0.415 e. The van der Waals surface area contributed by atoms with E-state index in [1.54, 1.807) is 15.9 Å². The van der Waals surface area contributed by atoms with Crippen molar-refractivity contribution in [1.29, 1.82) is 0 Å². The number of anilines is 2. The van der Waals surface area contributed by atoms with Crippen LogP contribution in [0.25, 0.3) is 0 Å². The lowest BCUT2D eigenvalue weighted by Gasteiger charge is -2.39. The number of alkyl halides is 2. The van der Waals surface area contributed by atoms with Crippen LogP contribution < -0.4 is 15.0 Å². The van der Waals surface area contributed by atoms with Gasteiger partial charge in [-0.3, -0.25) is 9.69 Å². The summed E-state index contributed by atoms with van der Waals surface area (Å²) < 4.78 is 43.7. The lowest BCUT2D eigenvalue weighted by molar-refractivity contribution is -0.129. The van der Waals surface area contributed by atoms with Crippen LogP contribution in [-0.2, 0) is 4.79 Å². The molecule has 1 saturated heterocycles. The number of hydrogen-bond donors (Lipinski definition) is 1. The van der Waals surface area contributed by atoms with Crippen molar-refractivity contribution in [2.24, 2.45) is 0 Å². The van der Waals surface area contributed by atoms with Crippen molar-refractivity contribution < 1.29 is 27.5 Å². The van der Waals surface area contributed by atoms with E-state index in [0.29, 0.717) is 31.6 Å². The smallest absolute Gasteiger partial charge is 0.388 e. The molecule has 0 spiro atoms. The zero-order valence-electron chi connectivity index (χ0n) is 18.7. The molecule has 1 fully saturated rings. The number of rotatable bonds is 6. The highest BCUT2D eigenvalue weighted by Gasteiger charge is 2.32. The third kappa shape index (κ3) is 5.94. The molecule has 1 aliphatic rings. The molecule has 178 valence electrons. The summed E-state index contributed by atoms with van der Waals surface area (Å²) >= 11 is 0. The first-order valence-electron chi connectivity index (χ1n) is 10.7. The van der Waals surface area contributed by atoms with Gasteiger partial charge < -0.3 is 15.0 Å². The van der Waals surface area contributed by atoms with Crippen LogP contribution >= 0.6 is 0 Å². The first-order chi connectivity index (χ1) is 15.7. The third-order valence-electron chi connectivity index (χ3n) is 5.57. The number of hydrogen-bond acceptors (Lipinski definition) is 4. The van der Waals surface area contributed by atoms with Gasteiger partial charge >= 0.3 is 12.6 Å². The largest absolute Gasteiger partial charge is 0.415 e. The molecular weight excluding hydrogens is 437 g/mol. The number of likely N-dealkylation sites (tertiary alicyclic amines) is 1. The molecule has 3 amide bonds. The van der Waals surface area contributed by atoms with Gasteiger partial charge in [-0.2, -0.15) is 8.78 Å². The van der Waals surface area contributed by atoms with Crippen molar-refractivity contribution in [3.05, 3.63) is 47.9 Å². The Morgan fingerprint density at radius 3 is 2.48 bits per heavy atom. The van der Waals surface area contributed by atoms with Gasteiger partial charge in [0, 0.05) is 37.8 Å². The Kier molecular flexibility index (Phi) is 7.78. The van der Waals surface area contributed by atoms with Crippen LogP contribution in [0.5, 0.6) is 5.88 Å². The van der Waals surface area contributed by atoms with E-state index in [-0.39, 0.29) is 23.6 Å². The number of nitrogens with zero attached hydrogens (tertiary/aromatic N) is 3. The Hall–Kier alpha value is -3.30. The highest BCUT2D eigenvalue weighted by Crippen LogP contribution is 2.33. The molecule has 0 bridgehead atoms. The lowest BCUT2D eigenvalue weighted by Crippen LogP contribution is -2.50. The Labute approximate surface area is 190 Å². The van der Waals surface area contributed by atoms with Crippen LogP contribution in [0.1, 0.15) is 45.1 Å². The number of amides is 3. The topological polar surface area (TPSA) is 74.8 Å². The van der Waals surface area contributed by atoms with E-state index in [9.17, 15) is 22.8 Å². The maximum Gasteiger partial charge on any atom is 0.388 e. The van der Waals surface area contributed by atoms with Crippen molar-refractivity contribution >= 4 is 23.3 Å². The first-order valence-corrected chi connectivity index (χ1v) is 10.7. The molecule has 2 aromatic rings. The number of ether oxygens (including phenoxy) is 1. The predicted molar refractivity (Wildman–Crippen MR) is 118 cm³/mol. The van der Waals surface area contributed by atoms with Crippen molar-refractivity contribution in [3.63, 3.8) is 0 Å². The first kappa shape index (κ1) is 24.3. The van der Waals surface area contributed by atoms with Crippen molar-refractivity contribution in [2.45, 2.75) is 52.2 Å². The van der Waals surface area contributed by atoms with E-state index in [1.165, 1.54) is 6.92 Å². The SMILES string of the molecule is CC(=O)N1CCC(N(C(=O)Nc2cc(F)cnc2OC(F)F)c2ccccc2C(C)C)CC1. The Balaban J connectivity index is 1.96. The Morgan fingerprint density at radius 2 is 1.88 bits per heavy atom. The maximum absolute atomic E-state index is 13.8. The third-order valence-corrected chi connectivity index (χ3v) is 5.57. The maximum atomic E-state index is 13.8. The van der Waals surface area contributed by atoms with E-state index in [2.05, 4.69) is 15.0 Å². The number of piperidine rings is 1. The van der Waals surface area contributed by atoms with Crippen LogP contribution in [0.4, 0.5) is 29.3 Å². The van der Waals surface area contributed by atoms with Crippen molar-refractivity contribution in [2.75, 3.05) is 23.3 Å². The van der Waals surface area contributed by atoms with Crippen LogP contribution in [0.15, 0.2) is 36.5 Å². The average molecular weight is 464 g/mol. The van der Waals surface area contributed by atoms with Crippen LogP contribution in [0, 0.1) is 5.82 Å². The zero-order valence-corrected chi connectivity index (χ0v) is 18.7. The molecule has 3 rings (SSSR count). The minimum atomic E-state index is -3.19. The van der Waals surface area contributed by atoms with Gasteiger partial charge in [-0.05, 0) is 30.4 Å². The summed E-state index contributed by atoms with van der Waals surface area (Å²) in [7, 11) is 0. The number of carbonyl (C=O) groups excluding carboxylic acids is 2. The van der Waals surface area contributed by atoms with Crippen LogP contribution in [0.2, 0.25) is 0 Å². The number of benzene rings is 1. The van der Waals surface area contributed by atoms with Gasteiger partial charge in [0.2, 0.25) is 11.8 Å². The number of carbonyl (C=O) groups is 2. The van der Waals surface area contributed by atoms with Gasteiger partial charge in [0.05, 0.1) is 6.20 Å². The van der Waals surface area contributed by atoms with Crippen molar-refractivity contribution in [3.8, 4) is 5.88 Å². The summed E-state index contributed by atoms with van der Waals surface area (Å²) in [5.41, 5.74) is 1.28. The number of nitrogens with one attached hydrogen (secondary N) is 1. The van der Waals surface area contributed by atoms with Crippen molar-refractivity contribution in [1.82, 2.24) is 9.88 Å². The van der Waals surface area contributed by atoms with E-state index in [4.69, 9.17) is 0 Å². The minimum absolute atomic E-state index is 0.0355. The molecule has 2 heterocycles. The standard InChI is InChI=1S/C23H27F3N4O3/c1-14(2)18-6-4-5-7-20(18)30(17-8-10-29(11-9-17)15(3)31)23(32)28-19-12-16(24)13-27-21(19)33-22(25)26/h4-7,12-14,17,22H,8-11H2,1-3H3,(H,28,32). The van der Waals surface area contributed by atoms with Gasteiger partial charge in [0.15, 0.2) is 0 Å². The lowest BCUT2D eigenvalue weighted by atomic mass is 9.97. The van der Waals surface area contributed by atoms with Gasteiger partial charge in [-0.15, -0.1) is 0 Å². The summed E-state index contributed by atoms with van der Waals surface area (Å²) in [6.07, 6.45) is 1.79. The molecule has 1 aromatic heterocycles. The van der Waals surface area contributed by atoms with Gasteiger partial charge in [-0.25, -0.2) is 14.2 Å². The summed E-state index contributed by atoms with van der Waals surface area (Å²) in [5.74, 6) is -1.33. The quantitative estimate of drug-likeness (QED) is 0.653. The van der Waals surface area contributed by atoms with E-state index >= 15 is 0 Å². The zero-order chi connectivity index (χ0) is 24.1.